The molecule has 0 spiro atoms. The van der Waals surface area contributed by atoms with E-state index in [0.29, 0.717) is 21.7 Å². The largest absolute Gasteiger partial charge is 0.346 e. The summed E-state index contributed by atoms with van der Waals surface area (Å²) in [5, 5.41) is 3.75. The Labute approximate surface area is 176 Å². The van der Waals surface area contributed by atoms with Crippen molar-refractivity contribution in [2.75, 3.05) is 20.6 Å². The molecule has 0 saturated carbocycles. The first-order chi connectivity index (χ1) is 13.4. The van der Waals surface area contributed by atoms with E-state index in [9.17, 15) is 9.59 Å². The SMILES string of the molecule is CN(C)CCCn1cc(Br)c2c3c(c(-c4ccccc4Cl)cc21)C(=O)NC3=O. The van der Waals surface area contributed by atoms with Gasteiger partial charge in [0.1, 0.15) is 0 Å². The molecule has 0 atom stereocenters. The second kappa shape index (κ2) is 7.35. The first-order valence-corrected chi connectivity index (χ1v) is 10.2. The minimum absolute atomic E-state index is 0.370. The highest BCUT2D eigenvalue weighted by Gasteiger charge is 2.34. The fraction of sp³-hybridized carbons (Fsp3) is 0.238. The lowest BCUT2D eigenvalue weighted by molar-refractivity contribution is 0.0880. The Hall–Kier alpha value is -2.15. The van der Waals surface area contributed by atoms with E-state index in [1.54, 1.807) is 6.07 Å². The molecular weight excluding hydrogens is 442 g/mol. The van der Waals surface area contributed by atoms with E-state index in [0.717, 1.165) is 40.4 Å². The van der Waals surface area contributed by atoms with Crippen LogP contribution in [0.1, 0.15) is 27.1 Å². The van der Waals surface area contributed by atoms with E-state index in [1.165, 1.54) is 0 Å². The Morgan fingerprint density at radius 3 is 2.54 bits per heavy atom. The second-order valence-corrected chi connectivity index (χ2v) is 8.42. The van der Waals surface area contributed by atoms with Gasteiger partial charge in [-0.15, -0.1) is 0 Å². The number of aromatic nitrogens is 1. The van der Waals surface area contributed by atoms with Crippen molar-refractivity contribution in [1.29, 1.82) is 0 Å². The van der Waals surface area contributed by atoms with Crippen LogP contribution in [0.4, 0.5) is 0 Å². The minimum atomic E-state index is -0.385. The number of amides is 2. The number of hydrogen-bond acceptors (Lipinski definition) is 3. The van der Waals surface area contributed by atoms with Crippen LogP contribution in [0.5, 0.6) is 0 Å². The van der Waals surface area contributed by atoms with E-state index < -0.39 is 0 Å². The number of nitrogens with one attached hydrogen (secondary N) is 1. The summed E-state index contributed by atoms with van der Waals surface area (Å²) in [4.78, 5) is 27.3. The summed E-state index contributed by atoms with van der Waals surface area (Å²) < 4.78 is 2.93. The third-order valence-corrected chi connectivity index (χ3v) is 5.90. The number of benzene rings is 2. The maximum absolute atomic E-state index is 12.6. The van der Waals surface area contributed by atoms with Crippen molar-refractivity contribution in [2.45, 2.75) is 13.0 Å². The van der Waals surface area contributed by atoms with Crippen LogP contribution in [0, 0.1) is 0 Å². The number of imide groups is 1. The average molecular weight is 461 g/mol. The lowest BCUT2D eigenvalue weighted by Crippen LogP contribution is -2.20. The predicted molar refractivity (Wildman–Crippen MR) is 115 cm³/mol. The summed E-state index contributed by atoms with van der Waals surface area (Å²) in [5.41, 5.74) is 3.12. The van der Waals surface area contributed by atoms with E-state index in [-0.39, 0.29) is 11.8 Å². The van der Waals surface area contributed by atoms with Gasteiger partial charge in [-0.1, -0.05) is 29.8 Å². The van der Waals surface area contributed by atoms with Gasteiger partial charge in [0.05, 0.1) is 16.6 Å². The van der Waals surface area contributed by atoms with Gasteiger partial charge in [0.25, 0.3) is 11.8 Å². The highest BCUT2D eigenvalue weighted by Crippen LogP contribution is 2.41. The van der Waals surface area contributed by atoms with Crippen molar-refractivity contribution in [3.63, 3.8) is 0 Å². The van der Waals surface area contributed by atoms with Crippen LogP contribution in [-0.4, -0.2) is 41.9 Å². The maximum atomic E-state index is 12.6. The van der Waals surface area contributed by atoms with E-state index in [4.69, 9.17) is 11.6 Å². The standard InChI is InChI=1S/C21H19BrClN3O2/c1-25(2)8-5-9-26-11-14(22)18-16(26)10-13(12-6-3-4-7-15(12)23)17-19(18)21(28)24-20(17)27/h3-4,6-7,10-11H,5,8-9H2,1-2H3,(H,24,27,28). The van der Waals surface area contributed by atoms with Crippen LogP contribution in [0.25, 0.3) is 22.0 Å². The molecule has 1 aromatic heterocycles. The van der Waals surface area contributed by atoms with Crippen LogP contribution in [0.3, 0.4) is 0 Å². The molecule has 1 aliphatic rings. The highest BCUT2D eigenvalue weighted by molar-refractivity contribution is 9.10. The lowest BCUT2D eigenvalue weighted by atomic mass is 9.94. The van der Waals surface area contributed by atoms with E-state index >= 15 is 0 Å². The molecule has 3 aromatic rings. The molecule has 0 fully saturated rings. The van der Waals surface area contributed by atoms with Crippen LogP contribution in [0.15, 0.2) is 41.0 Å². The van der Waals surface area contributed by atoms with Crippen molar-refractivity contribution in [3.8, 4) is 11.1 Å². The van der Waals surface area contributed by atoms with Gasteiger partial charge in [-0.05, 0) is 60.7 Å². The Kier molecular flexibility index (Phi) is 5.04. The molecule has 144 valence electrons. The molecule has 7 heteroatoms. The molecule has 0 unspecified atom stereocenters. The number of fused-ring (bicyclic) bond motifs is 3. The maximum Gasteiger partial charge on any atom is 0.259 e. The number of halogens is 2. The average Bonchev–Trinajstić information content (AvgIpc) is 3.11. The molecule has 28 heavy (non-hydrogen) atoms. The number of hydrogen-bond donors (Lipinski definition) is 1. The number of carbonyl (C=O) groups is 2. The normalized spacial score (nSPS) is 13.5. The summed E-state index contributed by atoms with van der Waals surface area (Å²) in [7, 11) is 4.09. The van der Waals surface area contributed by atoms with E-state index in [2.05, 4.69) is 30.7 Å². The number of carbonyl (C=O) groups excluding carboxylic acids is 2. The molecule has 0 bridgehead atoms. The van der Waals surface area contributed by atoms with Crippen molar-refractivity contribution in [1.82, 2.24) is 14.8 Å². The molecule has 4 rings (SSSR count). The number of nitrogens with zero attached hydrogens (tertiary/aromatic N) is 2. The summed E-state index contributed by atoms with van der Waals surface area (Å²) in [6.45, 7) is 1.76. The Balaban J connectivity index is 1.97. The molecule has 2 heterocycles. The van der Waals surface area contributed by atoms with Crippen LogP contribution < -0.4 is 5.32 Å². The van der Waals surface area contributed by atoms with Crippen molar-refractivity contribution in [3.05, 3.63) is 57.2 Å². The predicted octanol–water partition coefficient (Wildman–Crippen LogP) is 4.56. The van der Waals surface area contributed by atoms with Gasteiger partial charge < -0.3 is 9.47 Å². The third-order valence-electron chi connectivity index (χ3n) is 4.97. The molecule has 0 aliphatic carbocycles. The van der Waals surface area contributed by atoms with Gasteiger partial charge in [-0.2, -0.15) is 0 Å². The number of aryl methyl sites for hydroxylation is 1. The topological polar surface area (TPSA) is 54.3 Å². The summed E-state index contributed by atoms with van der Waals surface area (Å²) in [5.74, 6) is -0.755. The van der Waals surface area contributed by atoms with Crippen LogP contribution in [0.2, 0.25) is 5.02 Å². The van der Waals surface area contributed by atoms with Gasteiger partial charge in [0.2, 0.25) is 0 Å². The zero-order valence-corrected chi connectivity index (χ0v) is 17.9. The van der Waals surface area contributed by atoms with Crippen molar-refractivity contribution < 1.29 is 9.59 Å². The van der Waals surface area contributed by atoms with Gasteiger partial charge in [-0.3, -0.25) is 14.9 Å². The highest BCUT2D eigenvalue weighted by atomic mass is 79.9. The summed E-state index contributed by atoms with van der Waals surface area (Å²) in [6.07, 6.45) is 2.94. The zero-order valence-electron chi connectivity index (χ0n) is 15.6. The zero-order chi connectivity index (χ0) is 20.0. The summed E-state index contributed by atoms with van der Waals surface area (Å²) in [6, 6.07) is 9.34. The molecule has 2 aromatic carbocycles. The fourth-order valence-corrected chi connectivity index (χ4v) is 4.62. The first kappa shape index (κ1) is 19.2. The van der Waals surface area contributed by atoms with Gasteiger partial charge in [0, 0.05) is 33.2 Å². The van der Waals surface area contributed by atoms with Crippen LogP contribution >= 0.6 is 27.5 Å². The van der Waals surface area contributed by atoms with Crippen molar-refractivity contribution in [2.24, 2.45) is 0 Å². The Bertz CT molecular complexity index is 1120. The first-order valence-electron chi connectivity index (χ1n) is 8.99. The van der Waals surface area contributed by atoms with Gasteiger partial charge in [-0.25, -0.2) is 0 Å². The van der Waals surface area contributed by atoms with Gasteiger partial charge in [0.15, 0.2) is 0 Å². The smallest absolute Gasteiger partial charge is 0.259 e. The second-order valence-electron chi connectivity index (χ2n) is 7.16. The minimum Gasteiger partial charge on any atom is -0.346 e. The Morgan fingerprint density at radius 2 is 1.82 bits per heavy atom. The van der Waals surface area contributed by atoms with Crippen LogP contribution in [-0.2, 0) is 6.54 Å². The molecule has 5 nitrogen and oxygen atoms in total. The molecule has 1 N–H and O–H groups in total. The lowest BCUT2D eigenvalue weighted by Gasteiger charge is -2.13. The number of rotatable bonds is 5. The molecule has 1 aliphatic heterocycles. The molecule has 0 radical (unpaired) electrons. The van der Waals surface area contributed by atoms with E-state index in [1.807, 2.05) is 44.6 Å². The molecule has 0 saturated heterocycles. The summed E-state index contributed by atoms with van der Waals surface area (Å²) >= 11 is 10.0. The van der Waals surface area contributed by atoms with Gasteiger partial charge >= 0.3 is 0 Å². The molecular formula is C21H19BrClN3O2. The van der Waals surface area contributed by atoms with Crippen molar-refractivity contribution >= 4 is 50.2 Å². The monoisotopic (exact) mass is 459 g/mol. The molecule has 2 amide bonds. The quantitative estimate of drug-likeness (QED) is 0.568. The fourth-order valence-electron chi connectivity index (χ4n) is 3.73. The Morgan fingerprint density at radius 1 is 1.11 bits per heavy atom. The third kappa shape index (κ3) is 3.15.